The van der Waals surface area contributed by atoms with Crippen LogP contribution >= 0.6 is 0 Å². The van der Waals surface area contributed by atoms with E-state index >= 15 is 0 Å². The number of rotatable bonds is 2. The lowest BCUT2D eigenvalue weighted by Gasteiger charge is -2.21. The Morgan fingerprint density at radius 2 is 1.17 bits per heavy atom. The van der Waals surface area contributed by atoms with Gasteiger partial charge in [-0.1, -0.05) is 12.1 Å². The van der Waals surface area contributed by atoms with Crippen LogP contribution in [0.25, 0.3) is 11.1 Å². The van der Waals surface area contributed by atoms with Gasteiger partial charge in [0.15, 0.2) is 0 Å². The topological polar surface area (TPSA) is 18.5 Å². The number of benzene rings is 2. The van der Waals surface area contributed by atoms with Gasteiger partial charge in [-0.2, -0.15) is 0 Å². The third-order valence-electron chi connectivity index (χ3n) is 3.58. The van der Waals surface area contributed by atoms with Crippen molar-refractivity contribution in [2.45, 2.75) is 12.8 Å². The van der Waals surface area contributed by atoms with E-state index in [1.165, 1.54) is 22.3 Å². The molecular weight excluding hydrogens is 224 g/mol. The van der Waals surface area contributed by atoms with E-state index in [2.05, 4.69) is 24.3 Å². The van der Waals surface area contributed by atoms with Gasteiger partial charge >= 0.3 is 0 Å². The first-order valence-electron chi connectivity index (χ1n) is 6.16. The number of hydrogen-bond acceptors (Lipinski definition) is 2. The van der Waals surface area contributed by atoms with Crippen LogP contribution in [-0.2, 0) is 12.8 Å². The van der Waals surface area contributed by atoms with Gasteiger partial charge in [0.2, 0.25) is 0 Å². The Bertz CT molecular complexity index is 534. The molecule has 3 rings (SSSR count). The number of fused-ring (bicyclic) bond motifs is 3. The van der Waals surface area contributed by atoms with Gasteiger partial charge in [0, 0.05) is 0 Å². The molecule has 0 radical (unpaired) electrons. The second-order valence-corrected chi connectivity index (χ2v) is 4.55. The van der Waals surface area contributed by atoms with Crippen molar-refractivity contribution in [1.29, 1.82) is 0 Å². The summed E-state index contributed by atoms with van der Waals surface area (Å²) < 4.78 is 10.6. The van der Waals surface area contributed by atoms with Crippen LogP contribution in [0.15, 0.2) is 36.4 Å². The lowest BCUT2D eigenvalue weighted by molar-refractivity contribution is 0.413. The van der Waals surface area contributed by atoms with Crippen LogP contribution in [0.2, 0.25) is 0 Å². The van der Waals surface area contributed by atoms with E-state index in [9.17, 15) is 0 Å². The molecule has 2 aromatic rings. The number of methoxy groups -OCH3 is 2. The van der Waals surface area contributed by atoms with Gasteiger partial charge in [-0.25, -0.2) is 0 Å². The third kappa shape index (κ3) is 1.74. The van der Waals surface area contributed by atoms with Crippen LogP contribution in [0.1, 0.15) is 11.1 Å². The molecule has 2 heteroatoms. The Balaban J connectivity index is 2.11. The van der Waals surface area contributed by atoms with E-state index in [1.807, 2.05) is 12.1 Å². The maximum absolute atomic E-state index is 5.28. The average Bonchev–Trinajstić information content (AvgIpc) is 2.45. The Kier molecular flexibility index (Phi) is 2.71. The minimum absolute atomic E-state index is 0.936. The molecule has 2 aromatic carbocycles. The van der Waals surface area contributed by atoms with Crippen LogP contribution in [0.4, 0.5) is 0 Å². The van der Waals surface area contributed by atoms with Gasteiger partial charge in [0.05, 0.1) is 14.2 Å². The van der Waals surface area contributed by atoms with Crippen molar-refractivity contribution in [3.05, 3.63) is 47.5 Å². The molecule has 18 heavy (non-hydrogen) atoms. The molecule has 0 unspecified atom stereocenters. The van der Waals surface area contributed by atoms with Crippen molar-refractivity contribution in [2.75, 3.05) is 14.2 Å². The summed E-state index contributed by atoms with van der Waals surface area (Å²) in [5.41, 5.74) is 5.37. The molecule has 0 spiro atoms. The van der Waals surface area contributed by atoms with E-state index in [1.54, 1.807) is 14.2 Å². The third-order valence-corrected chi connectivity index (χ3v) is 3.58. The molecule has 0 amide bonds. The van der Waals surface area contributed by atoms with Crippen LogP contribution in [0, 0.1) is 0 Å². The highest BCUT2D eigenvalue weighted by Gasteiger charge is 2.16. The second-order valence-electron chi connectivity index (χ2n) is 4.55. The summed E-state index contributed by atoms with van der Waals surface area (Å²) in [6, 6.07) is 12.6. The first-order valence-corrected chi connectivity index (χ1v) is 6.16. The average molecular weight is 240 g/mol. The smallest absolute Gasteiger partial charge is 0.119 e. The van der Waals surface area contributed by atoms with Crippen molar-refractivity contribution < 1.29 is 9.47 Å². The molecule has 0 fully saturated rings. The Labute approximate surface area is 107 Å². The lowest BCUT2D eigenvalue weighted by atomic mass is 9.85. The van der Waals surface area contributed by atoms with Crippen molar-refractivity contribution >= 4 is 0 Å². The normalized spacial score (nSPS) is 12.6. The second kappa shape index (κ2) is 4.37. The number of aryl methyl sites for hydroxylation is 2. The quantitative estimate of drug-likeness (QED) is 0.800. The van der Waals surface area contributed by atoms with E-state index < -0.39 is 0 Å². The van der Waals surface area contributed by atoms with Crippen LogP contribution in [0.3, 0.4) is 0 Å². The molecule has 0 aliphatic heterocycles. The largest absolute Gasteiger partial charge is 0.497 e. The summed E-state index contributed by atoms with van der Waals surface area (Å²) in [4.78, 5) is 0. The van der Waals surface area contributed by atoms with Crippen LogP contribution in [-0.4, -0.2) is 14.2 Å². The minimum atomic E-state index is 0.936. The number of ether oxygens (including phenoxy) is 2. The lowest BCUT2D eigenvalue weighted by Crippen LogP contribution is -2.04. The summed E-state index contributed by atoms with van der Waals surface area (Å²) in [6.45, 7) is 0. The highest BCUT2D eigenvalue weighted by atomic mass is 16.5. The standard InChI is InChI=1S/C16H16O2/c1-17-13-5-7-15-11(9-13)3-4-12-10-14(18-2)6-8-16(12)15/h5-10H,3-4H2,1-2H3. The first-order chi connectivity index (χ1) is 8.81. The fraction of sp³-hybridized carbons (Fsp3) is 0.250. The zero-order chi connectivity index (χ0) is 12.5. The molecule has 0 atom stereocenters. The Hall–Kier alpha value is -1.96. The van der Waals surface area contributed by atoms with Gasteiger partial charge in [0.25, 0.3) is 0 Å². The minimum Gasteiger partial charge on any atom is -0.497 e. The maximum atomic E-state index is 5.28. The molecule has 0 heterocycles. The van der Waals surface area contributed by atoms with Crippen molar-refractivity contribution in [3.63, 3.8) is 0 Å². The van der Waals surface area contributed by atoms with E-state index in [4.69, 9.17) is 9.47 Å². The molecule has 0 saturated heterocycles. The first kappa shape index (κ1) is 11.1. The number of hydrogen-bond donors (Lipinski definition) is 0. The fourth-order valence-electron chi connectivity index (χ4n) is 2.60. The molecule has 2 nitrogen and oxygen atoms in total. The molecule has 92 valence electrons. The van der Waals surface area contributed by atoms with Crippen molar-refractivity contribution in [1.82, 2.24) is 0 Å². The van der Waals surface area contributed by atoms with E-state index in [0.29, 0.717) is 0 Å². The zero-order valence-corrected chi connectivity index (χ0v) is 10.7. The molecule has 0 bridgehead atoms. The molecular formula is C16H16O2. The van der Waals surface area contributed by atoms with Gasteiger partial charge in [-0.05, 0) is 59.4 Å². The molecule has 1 aliphatic carbocycles. The highest BCUT2D eigenvalue weighted by Crippen LogP contribution is 2.36. The molecule has 0 aromatic heterocycles. The SMILES string of the molecule is COc1ccc2c(c1)CCc1cc(OC)ccc1-2. The predicted octanol–water partition coefficient (Wildman–Crippen LogP) is 3.47. The van der Waals surface area contributed by atoms with Gasteiger partial charge in [-0.15, -0.1) is 0 Å². The Morgan fingerprint density at radius 3 is 1.56 bits per heavy atom. The molecule has 1 aliphatic rings. The fourth-order valence-corrected chi connectivity index (χ4v) is 2.60. The summed E-state index contributed by atoms with van der Waals surface area (Å²) in [7, 11) is 3.42. The predicted molar refractivity (Wildman–Crippen MR) is 72.4 cm³/mol. The van der Waals surface area contributed by atoms with E-state index in [-0.39, 0.29) is 0 Å². The molecule has 0 saturated carbocycles. The highest BCUT2D eigenvalue weighted by molar-refractivity contribution is 5.74. The zero-order valence-electron chi connectivity index (χ0n) is 10.7. The van der Waals surface area contributed by atoms with Crippen LogP contribution in [0.5, 0.6) is 11.5 Å². The van der Waals surface area contributed by atoms with Gasteiger partial charge in [-0.3, -0.25) is 0 Å². The van der Waals surface area contributed by atoms with Gasteiger partial charge in [0.1, 0.15) is 11.5 Å². The summed E-state index contributed by atoms with van der Waals surface area (Å²) in [5.74, 6) is 1.87. The summed E-state index contributed by atoms with van der Waals surface area (Å²) >= 11 is 0. The van der Waals surface area contributed by atoms with E-state index in [0.717, 1.165) is 24.3 Å². The Morgan fingerprint density at radius 1 is 0.722 bits per heavy atom. The van der Waals surface area contributed by atoms with Crippen molar-refractivity contribution in [2.24, 2.45) is 0 Å². The summed E-state index contributed by atoms with van der Waals surface area (Å²) in [5, 5.41) is 0. The molecule has 0 N–H and O–H groups in total. The monoisotopic (exact) mass is 240 g/mol. The summed E-state index contributed by atoms with van der Waals surface area (Å²) in [6.07, 6.45) is 2.12. The maximum Gasteiger partial charge on any atom is 0.119 e. The van der Waals surface area contributed by atoms with Crippen molar-refractivity contribution in [3.8, 4) is 22.6 Å². The van der Waals surface area contributed by atoms with Crippen LogP contribution < -0.4 is 9.47 Å². The van der Waals surface area contributed by atoms with Gasteiger partial charge < -0.3 is 9.47 Å².